The maximum absolute atomic E-state index is 13.7. The van der Waals surface area contributed by atoms with Gasteiger partial charge in [0.25, 0.3) is 0 Å². The molecule has 0 amide bonds. The summed E-state index contributed by atoms with van der Waals surface area (Å²) in [6.45, 7) is 2.39. The van der Waals surface area contributed by atoms with Gasteiger partial charge in [0.1, 0.15) is 11.6 Å². The summed E-state index contributed by atoms with van der Waals surface area (Å²) in [5.41, 5.74) is 2.04. The van der Waals surface area contributed by atoms with E-state index < -0.39 is 0 Å². The molecule has 0 aliphatic heterocycles. The number of benzene rings is 1. The van der Waals surface area contributed by atoms with Gasteiger partial charge in [-0.25, -0.2) is 4.39 Å². The lowest BCUT2D eigenvalue weighted by Gasteiger charge is -2.10. The average molecular weight is 298 g/mol. The van der Waals surface area contributed by atoms with E-state index in [0.717, 1.165) is 17.8 Å². The Bertz CT molecular complexity index is 613. The largest absolute Gasteiger partial charge is 0.497 e. The minimum absolute atomic E-state index is 0.334. The van der Waals surface area contributed by atoms with Crippen LogP contribution in [0.2, 0.25) is 5.02 Å². The quantitative estimate of drug-likeness (QED) is 0.919. The van der Waals surface area contributed by atoms with Crippen LogP contribution in [0, 0.1) is 5.82 Å². The molecule has 0 atom stereocenters. The zero-order valence-corrected chi connectivity index (χ0v) is 12.5. The highest BCUT2D eigenvalue weighted by Gasteiger charge is 2.13. The summed E-state index contributed by atoms with van der Waals surface area (Å²) in [6.07, 6.45) is 0.764. The molecule has 1 N–H and O–H groups in total. The zero-order valence-electron chi connectivity index (χ0n) is 11.7. The van der Waals surface area contributed by atoms with Crippen LogP contribution in [0.3, 0.4) is 0 Å². The van der Waals surface area contributed by atoms with Crippen molar-refractivity contribution in [1.82, 2.24) is 9.78 Å². The number of anilines is 1. The van der Waals surface area contributed by atoms with Gasteiger partial charge < -0.3 is 10.1 Å². The fourth-order valence-corrected chi connectivity index (χ4v) is 2.32. The molecule has 4 nitrogen and oxygen atoms in total. The molecular weight excluding hydrogens is 281 g/mol. The Kier molecular flexibility index (Phi) is 4.49. The van der Waals surface area contributed by atoms with Crippen LogP contribution in [0.5, 0.6) is 5.75 Å². The number of aryl methyl sites for hydroxylation is 2. The lowest BCUT2D eigenvalue weighted by atomic mass is 10.2. The molecule has 2 aromatic rings. The van der Waals surface area contributed by atoms with E-state index in [1.165, 1.54) is 6.07 Å². The van der Waals surface area contributed by atoms with Crippen molar-refractivity contribution in [3.05, 3.63) is 40.4 Å². The number of nitrogens with zero attached hydrogens (tertiary/aromatic N) is 2. The van der Waals surface area contributed by atoms with Crippen molar-refractivity contribution < 1.29 is 9.13 Å². The maximum Gasteiger partial charge on any atom is 0.146 e. The molecule has 108 valence electrons. The van der Waals surface area contributed by atoms with Crippen LogP contribution < -0.4 is 10.1 Å². The van der Waals surface area contributed by atoms with E-state index in [0.29, 0.717) is 23.0 Å². The normalized spacial score (nSPS) is 10.7. The molecule has 0 unspecified atom stereocenters. The second kappa shape index (κ2) is 6.13. The molecule has 6 heteroatoms. The molecular formula is C14H17ClFN3O. The number of rotatable bonds is 5. The van der Waals surface area contributed by atoms with Gasteiger partial charge in [0.2, 0.25) is 0 Å². The third-order valence-electron chi connectivity index (χ3n) is 3.12. The molecule has 0 bridgehead atoms. The van der Waals surface area contributed by atoms with Crippen molar-refractivity contribution in [1.29, 1.82) is 0 Å². The first-order valence-corrected chi connectivity index (χ1v) is 6.72. The van der Waals surface area contributed by atoms with E-state index in [1.54, 1.807) is 23.9 Å². The van der Waals surface area contributed by atoms with Crippen molar-refractivity contribution >= 4 is 17.3 Å². The highest BCUT2D eigenvalue weighted by Crippen LogP contribution is 2.24. The molecule has 0 saturated carbocycles. The Morgan fingerprint density at radius 2 is 2.20 bits per heavy atom. The standard InChI is InChI=1S/C14H17ClFN3O/c1-4-11-14(15)13(19(2)18-11)8-17-12-7-9(20-3)5-6-10(12)16/h5-7,17H,4,8H2,1-3H3. The number of halogens is 2. The van der Waals surface area contributed by atoms with Crippen molar-refractivity contribution in [2.75, 3.05) is 12.4 Å². The molecule has 1 aromatic heterocycles. The van der Waals surface area contributed by atoms with Gasteiger partial charge in [0.15, 0.2) is 0 Å². The number of hydrogen-bond acceptors (Lipinski definition) is 3. The van der Waals surface area contributed by atoms with Crippen molar-refractivity contribution in [3.8, 4) is 5.75 Å². The molecule has 2 rings (SSSR count). The summed E-state index contributed by atoms with van der Waals surface area (Å²) in [5, 5.41) is 7.98. The highest BCUT2D eigenvalue weighted by atomic mass is 35.5. The summed E-state index contributed by atoms with van der Waals surface area (Å²) in [5.74, 6) is 0.263. The molecule has 20 heavy (non-hydrogen) atoms. The number of ether oxygens (including phenoxy) is 1. The topological polar surface area (TPSA) is 39.1 Å². The molecule has 1 heterocycles. The summed E-state index contributed by atoms with van der Waals surface area (Å²) in [4.78, 5) is 0. The van der Waals surface area contributed by atoms with Gasteiger partial charge in [0, 0.05) is 13.1 Å². The number of nitrogens with one attached hydrogen (secondary N) is 1. The van der Waals surface area contributed by atoms with Gasteiger partial charge in [-0.15, -0.1) is 0 Å². The van der Waals surface area contributed by atoms with Crippen LogP contribution in [-0.4, -0.2) is 16.9 Å². The van der Waals surface area contributed by atoms with E-state index in [4.69, 9.17) is 16.3 Å². The third kappa shape index (κ3) is 2.88. The Morgan fingerprint density at radius 3 is 2.80 bits per heavy atom. The molecule has 0 aliphatic carbocycles. The molecule has 0 aliphatic rings. The number of hydrogen-bond donors (Lipinski definition) is 1. The first-order chi connectivity index (χ1) is 9.56. The molecule has 0 spiro atoms. The lowest BCUT2D eigenvalue weighted by Crippen LogP contribution is -2.07. The van der Waals surface area contributed by atoms with Crippen LogP contribution in [0.1, 0.15) is 18.3 Å². The van der Waals surface area contributed by atoms with Gasteiger partial charge >= 0.3 is 0 Å². The predicted octanol–water partition coefficient (Wildman–Crippen LogP) is 3.40. The first-order valence-electron chi connectivity index (χ1n) is 6.34. The van der Waals surface area contributed by atoms with Gasteiger partial charge in [-0.2, -0.15) is 5.10 Å². The van der Waals surface area contributed by atoms with Crippen LogP contribution in [0.4, 0.5) is 10.1 Å². The van der Waals surface area contributed by atoms with Crippen molar-refractivity contribution in [3.63, 3.8) is 0 Å². The van der Waals surface area contributed by atoms with Crippen LogP contribution in [-0.2, 0) is 20.0 Å². The SMILES string of the molecule is CCc1nn(C)c(CNc2cc(OC)ccc2F)c1Cl. The molecule has 0 fully saturated rings. The second-order valence-electron chi connectivity index (χ2n) is 4.38. The minimum Gasteiger partial charge on any atom is -0.497 e. The van der Waals surface area contributed by atoms with Gasteiger partial charge in [0.05, 0.1) is 35.8 Å². The predicted molar refractivity (Wildman–Crippen MR) is 77.9 cm³/mol. The smallest absolute Gasteiger partial charge is 0.146 e. The molecule has 0 saturated heterocycles. The average Bonchev–Trinajstić information content (AvgIpc) is 2.73. The van der Waals surface area contributed by atoms with E-state index in [-0.39, 0.29) is 5.82 Å². The van der Waals surface area contributed by atoms with Crippen LogP contribution >= 0.6 is 11.6 Å². The summed E-state index contributed by atoms with van der Waals surface area (Å²) in [6, 6.07) is 4.55. The zero-order chi connectivity index (χ0) is 14.7. The van der Waals surface area contributed by atoms with Gasteiger partial charge in [-0.1, -0.05) is 18.5 Å². The van der Waals surface area contributed by atoms with Crippen molar-refractivity contribution in [2.24, 2.45) is 7.05 Å². The minimum atomic E-state index is -0.334. The molecule has 1 aromatic carbocycles. The Morgan fingerprint density at radius 1 is 1.45 bits per heavy atom. The fraction of sp³-hybridized carbons (Fsp3) is 0.357. The second-order valence-corrected chi connectivity index (χ2v) is 4.76. The van der Waals surface area contributed by atoms with Gasteiger partial charge in [-0.05, 0) is 18.6 Å². The Labute approximate surface area is 122 Å². The number of aromatic nitrogens is 2. The monoisotopic (exact) mass is 297 g/mol. The van der Waals surface area contributed by atoms with E-state index in [9.17, 15) is 4.39 Å². The third-order valence-corrected chi connectivity index (χ3v) is 3.56. The van der Waals surface area contributed by atoms with Gasteiger partial charge in [-0.3, -0.25) is 4.68 Å². The van der Waals surface area contributed by atoms with Crippen LogP contribution in [0.15, 0.2) is 18.2 Å². The van der Waals surface area contributed by atoms with E-state index in [2.05, 4.69) is 10.4 Å². The van der Waals surface area contributed by atoms with E-state index in [1.807, 2.05) is 14.0 Å². The van der Waals surface area contributed by atoms with Crippen molar-refractivity contribution in [2.45, 2.75) is 19.9 Å². The highest BCUT2D eigenvalue weighted by molar-refractivity contribution is 6.31. The summed E-state index contributed by atoms with van der Waals surface area (Å²) in [7, 11) is 3.37. The summed E-state index contributed by atoms with van der Waals surface area (Å²) < 4.78 is 20.5. The molecule has 0 radical (unpaired) electrons. The Balaban J connectivity index is 2.18. The Hall–Kier alpha value is -1.75. The lowest BCUT2D eigenvalue weighted by molar-refractivity contribution is 0.414. The first kappa shape index (κ1) is 14.7. The van der Waals surface area contributed by atoms with E-state index >= 15 is 0 Å². The fourth-order valence-electron chi connectivity index (χ4n) is 1.96. The number of methoxy groups -OCH3 is 1. The van der Waals surface area contributed by atoms with Crippen LogP contribution in [0.25, 0.3) is 0 Å². The summed E-state index contributed by atoms with van der Waals surface area (Å²) >= 11 is 6.25. The maximum atomic E-state index is 13.7.